The van der Waals surface area contributed by atoms with Gasteiger partial charge in [0, 0.05) is 5.69 Å². The number of hydrogen-bond acceptors (Lipinski definition) is 5. The molecule has 2 aromatic rings. The zero-order valence-electron chi connectivity index (χ0n) is 10.4. The first-order valence-electron chi connectivity index (χ1n) is 5.76. The number of benzene rings is 1. The molecule has 0 bridgehead atoms. The van der Waals surface area contributed by atoms with Crippen molar-refractivity contribution in [1.82, 2.24) is 9.78 Å². The predicted octanol–water partition coefficient (Wildman–Crippen LogP) is 0.922. The molecule has 8 heteroatoms. The summed E-state index contributed by atoms with van der Waals surface area (Å²) in [5.74, 6) is -0.648. The summed E-state index contributed by atoms with van der Waals surface area (Å²) in [4.78, 5) is 21.6. The summed E-state index contributed by atoms with van der Waals surface area (Å²) in [6.07, 6.45) is 1.37. The maximum atomic E-state index is 11.7. The Morgan fingerprint density at radius 1 is 1.35 bits per heavy atom. The fourth-order valence-electron chi connectivity index (χ4n) is 1.58. The number of carbonyl (C=O) groups excluding carboxylic acids is 1. The fourth-order valence-corrected chi connectivity index (χ4v) is 1.58. The maximum absolute atomic E-state index is 11.7. The average Bonchev–Trinajstić information content (AvgIpc) is 2.88. The highest BCUT2D eigenvalue weighted by molar-refractivity contribution is 5.90. The second-order valence-electron chi connectivity index (χ2n) is 4.03. The minimum atomic E-state index is -0.623. The van der Waals surface area contributed by atoms with Crippen LogP contribution >= 0.6 is 0 Å². The number of aliphatic hydroxyl groups is 1. The van der Waals surface area contributed by atoms with Gasteiger partial charge in [0.2, 0.25) is 5.91 Å². The normalized spacial score (nSPS) is 10.2. The van der Waals surface area contributed by atoms with Crippen molar-refractivity contribution in [1.29, 1.82) is 0 Å². The molecule has 104 valence electrons. The van der Waals surface area contributed by atoms with E-state index in [-0.39, 0.29) is 24.9 Å². The van der Waals surface area contributed by atoms with Crippen LogP contribution in [0.2, 0.25) is 0 Å². The van der Waals surface area contributed by atoms with Crippen LogP contribution in [0.4, 0.5) is 11.5 Å². The van der Waals surface area contributed by atoms with E-state index in [0.29, 0.717) is 5.69 Å². The van der Waals surface area contributed by atoms with Crippen LogP contribution in [0.1, 0.15) is 5.56 Å². The lowest BCUT2D eigenvalue weighted by molar-refractivity contribution is -0.389. The van der Waals surface area contributed by atoms with Crippen LogP contribution in [0.5, 0.6) is 0 Å². The van der Waals surface area contributed by atoms with Gasteiger partial charge in [-0.2, -0.15) is 4.68 Å². The summed E-state index contributed by atoms with van der Waals surface area (Å²) in [5, 5.41) is 25.6. The van der Waals surface area contributed by atoms with E-state index in [2.05, 4.69) is 10.4 Å². The third-order valence-electron chi connectivity index (χ3n) is 2.54. The van der Waals surface area contributed by atoms with Crippen molar-refractivity contribution >= 4 is 17.4 Å². The van der Waals surface area contributed by atoms with E-state index in [0.717, 1.165) is 5.56 Å². The van der Waals surface area contributed by atoms with Crippen molar-refractivity contribution < 1.29 is 14.8 Å². The number of anilines is 1. The summed E-state index contributed by atoms with van der Waals surface area (Å²) in [7, 11) is 0. The first-order valence-corrected chi connectivity index (χ1v) is 5.76. The van der Waals surface area contributed by atoms with Crippen LogP contribution in [0.15, 0.2) is 36.5 Å². The molecular weight excluding hydrogens is 264 g/mol. The van der Waals surface area contributed by atoms with Gasteiger partial charge in [-0.15, -0.1) is 0 Å². The molecule has 0 saturated carbocycles. The number of aliphatic hydroxyl groups excluding tert-OH is 1. The Morgan fingerprint density at radius 3 is 2.60 bits per heavy atom. The molecule has 8 nitrogen and oxygen atoms in total. The summed E-state index contributed by atoms with van der Waals surface area (Å²) >= 11 is 0. The van der Waals surface area contributed by atoms with Gasteiger partial charge >= 0.3 is 5.82 Å². The Kier molecular flexibility index (Phi) is 4.06. The fraction of sp³-hybridized carbons (Fsp3) is 0.167. The number of nitrogens with one attached hydrogen (secondary N) is 1. The van der Waals surface area contributed by atoms with E-state index < -0.39 is 4.92 Å². The first-order chi connectivity index (χ1) is 9.58. The van der Waals surface area contributed by atoms with Crippen molar-refractivity contribution in [3.63, 3.8) is 0 Å². The Bertz CT molecular complexity index is 621. The van der Waals surface area contributed by atoms with Gasteiger partial charge in [0.1, 0.15) is 6.54 Å². The van der Waals surface area contributed by atoms with Gasteiger partial charge in [-0.3, -0.25) is 4.79 Å². The highest BCUT2D eigenvalue weighted by Crippen LogP contribution is 2.10. The molecule has 0 atom stereocenters. The molecule has 0 fully saturated rings. The largest absolute Gasteiger partial charge is 0.392 e. The molecule has 1 heterocycles. The van der Waals surface area contributed by atoms with Gasteiger partial charge in [0.25, 0.3) is 0 Å². The number of nitro groups is 1. The molecule has 0 aliphatic carbocycles. The first kappa shape index (κ1) is 13.7. The molecule has 0 aliphatic rings. The van der Waals surface area contributed by atoms with Crippen LogP contribution in [-0.4, -0.2) is 25.7 Å². The number of nitrogens with zero attached hydrogens (tertiary/aromatic N) is 3. The molecule has 0 saturated heterocycles. The van der Waals surface area contributed by atoms with Crippen molar-refractivity contribution in [2.45, 2.75) is 13.2 Å². The van der Waals surface area contributed by atoms with Crippen LogP contribution in [0.3, 0.4) is 0 Å². The summed E-state index contributed by atoms with van der Waals surface area (Å²) in [6, 6.07) is 7.93. The number of hydrogen-bond donors (Lipinski definition) is 2. The molecule has 1 amide bonds. The zero-order chi connectivity index (χ0) is 14.5. The van der Waals surface area contributed by atoms with Gasteiger partial charge in [-0.05, 0) is 22.6 Å². The summed E-state index contributed by atoms with van der Waals surface area (Å²) in [6.45, 7) is -0.180. The van der Waals surface area contributed by atoms with Gasteiger partial charge in [0.05, 0.1) is 24.0 Å². The lowest BCUT2D eigenvalue weighted by atomic mass is 10.2. The molecule has 1 aromatic heterocycles. The third-order valence-corrected chi connectivity index (χ3v) is 2.54. The predicted molar refractivity (Wildman–Crippen MR) is 69.9 cm³/mol. The molecule has 2 N–H and O–H groups in total. The van der Waals surface area contributed by atoms with E-state index in [4.69, 9.17) is 5.11 Å². The van der Waals surface area contributed by atoms with E-state index in [1.165, 1.54) is 16.9 Å². The van der Waals surface area contributed by atoms with Gasteiger partial charge in [-0.25, -0.2) is 0 Å². The maximum Gasteiger partial charge on any atom is 0.389 e. The quantitative estimate of drug-likeness (QED) is 0.623. The number of aromatic nitrogens is 2. The van der Waals surface area contributed by atoms with Crippen molar-refractivity contribution in [2.75, 3.05) is 5.32 Å². The van der Waals surface area contributed by atoms with Gasteiger partial charge in [0.15, 0.2) is 0 Å². The monoisotopic (exact) mass is 276 g/mol. The smallest absolute Gasteiger partial charge is 0.389 e. The van der Waals surface area contributed by atoms with Crippen LogP contribution in [0.25, 0.3) is 0 Å². The highest BCUT2D eigenvalue weighted by atomic mass is 16.6. The van der Waals surface area contributed by atoms with Crippen molar-refractivity contribution in [2.24, 2.45) is 0 Å². The molecule has 1 aromatic carbocycles. The summed E-state index contributed by atoms with van der Waals surface area (Å²) < 4.78 is 1.19. The second kappa shape index (κ2) is 5.93. The van der Waals surface area contributed by atoms with E-state index in [9.17, 15) is 14.9 Å². The number of amides is 1. The lowest BCUT2D eigenvalue weighted by Gasteiger charge is -2.04. The topological polar surface area (TPSA) is 110 Å². The second-order valence-corrected chi connectivity index (χ2v) is 4.03. The van der Waals surface area contributed by atoms with E-state index in [1.54, 1.807) is 24.3 Å². The number of rotatable bonds is 5. The molecule has 20 heavy (non-hydrogen) atoms. The lowest BCUT2D eigenvalue weighted by Crippen LogP contribution is -2.19. The standard InChI is InChI=1S/C12H12N4O4/c17-8-9-1-3-10(4-2-9)13-12(18)7-15-6-5-11(14-15)16(19)20/h1-6,17H,7-8H2,(H,13,18). The highest BCUT2D eigenvalue weighted by Gasteiger charge is 2.13. The van der Waals surface area contributed by atoms with Crippen LogP contribution < -0.4 is 5.32 Å². The van der Waals surface area contributed by atoms with Crippen molar-refractivity contribution in [3.8, 4) is 0 Å². The molecule has 0 unspecified atom stereocenters. The third kappa shape index (κ3) is 3.39. The number of carbonyl (C=O) groups is 1. The minimum Gasteiger partial charge on any atom is -0.392 e. The van der Waals surface area contributed by atoms with Gasteiger partial charge in [-0.1, -0.05) is 12.1 Å². The SMILES string of the molecule is O=C(Cn1ccc([N+](=O)[O-])n1)Nc1ccc(CO)cc1. The molecule has 0 radical (unpaired) electrons. The molecule has 2 rings (SSSR count). The minimum absolute atomic E-state index is 0.0643. The average molecular weight is 276 g/mol. The van der Waals surface area contributed by atoms with Crippen molar-refractivity contribution in [3.05, 3.63) is 52.2 Å². The zero-order valence-corrected chi connectivity index (χ0v) is 10.4. The molecular formula is C12H12N4O4. The summed E-state index contributed by atoms with van der Waals surface area (Å²) in [5.41, 5.74) is 1.32. The van der Waals surface area contributed by atoms with E-state index >= 15 is 0 Å². The Balaban J connectivity index is 1.95. The van der Waals surface area contributed by atoms with Crippen LogP contribution in [-0.2, 0) is 17.9 Å². The molecule has 0 aliphatic heterocycles. The Morgan fingerprint density at radius 2 is 2.05 bits per heavy atom. The Labute approximate surface area is 113 Å². The van der Waals surface area contributed by atoms with Gasteiger partial charge < -0.3 is 20.5 Å². The van der Waals surface area contributed by atoms with Crippen LogP contribution in [0, 0.1) is 10.1 Å². The van der Waals surface area contributed by atoms with E-state index in [1.807, 2.05) is 0 Å². The Hall–Kier alpha value is -2.74. The molecule has 0 spiro atoms.